The van der Waals surface area contributed by atoms with Crippen molar-refractivity contribution in [1.29, 1.82) is 0 Å². The summed E-state index contributed by atoms with van der Waals surface area (Å²) in [5, 5.41) is 12.7. The van der Waals surface area contributed by atoms with Crippen molar-refractivity contribution < 1.29 is 5.11 Å². The Morgan fingerprint density at radius 2 is 1.63 bits per heavy atom. The summed E-state index contributed by atoms with van der Waals surface area (Å²) >= 11 is 0. The highest BCUT2D eigenvalue weighted by molar-refractivity contribution is 5.27. The first-order valence-corrected chi connectivity index (χ1v) is 7.26. The molecule has 0 saturated heterocycles. The van der Waals surface area contributed by atoms with E-state index in [-0.39, 0.29) is 17.6 Å². The van der Waals surface area contributed by atoms with E-state index in [1.54, 1.807) is 0 Å². The van der Waals surface area contributed by atoms with E-state index in [2.05, 4.69) is 64.2 Å². The lowest BCUT2D eigenvalue weighted by atomic mass is 9.86. The molecule has 0 aromatic heterocycles. The molecular formula is C17H29NO. The molecule has 0 radical (unpaired) electrons. The molecule has 0 aliphatic carbocycles. The van der Waals surface area contributed by atoms with E-state index >= 15 is 0 Å². The molecule has 108 valence electrons. The highest BCUT2D eigenvalue weighted by Gasteiger charge is 2.20. The molecule has 0 bridgehead atoms. The summed E-state index contributed by atoms with van der Waals surface area (Å²) in [6.07, 6.45) is 1.82. The van der Waals surface area contributed by atoms with Gasteiger partial charge in [0.05, 0.1) is 0 Å². The fourth-order valence-electron chi connectivity index (χ4n) is 2.07. The van der Waals surface area contributed by atoms with Gasteiger partial charge in [-0.15, -0.1) is 0 Å². The van der Waals surface area contributed by atoms with Crippen LogP contribution in [0.25, 0.3) is 0 Å². The highest BCUT2D eigenvalue weighted by Crippen LogP contribution is 2.22. The van der Waals surface area contributed by atoms with Gasteiger partial charge in [-0.3, -0.25) is 0 Å². The molecule has 0 heterocycles. The van der Waals surface area contributed by atoms with Gasteiger partial charge in [0.2, 0.25) is 0 Å². The van der Waals surface area contributed by atoms with Gasteiger partial charge in [-0.05, 0) is 36.3 Å². The second-order valence-electron chi connectivity index (χ2n) is 6.69. The Kier molecular flexibility index (Phi) is 5.57. The predicted molar refractivity (Wildman–Crippen MR) is 82.4 cm³/mol. The molecular weight excluding hydrogens is 234 g/mol. The van der Waals surface area contributed by atoms with Gasteiger partial charge in [0.15, 0.2) is 0 Å². The zero-order chi connectivity index (χ0) is 14.5. The van der Waals surface area contributed by atoms with Crippen LogP contribution in [0, 0.1) is 0 Å². The van der Waals surface area contributed by atoms with Gasteiger partial charge in [-0.1, -0.05) is 52.0 Å². The third kappa shape index (κ3) is 4.96. The maximum atomic E-state index is 9.12. The van der Waals surface area contributed by atoms with Crippen LogP contribution in [-0.2, 0) is 12.0 Å². The molecule has 1 atom stereocenters. The second-order valence-corrected chi connectivity index (χ2v) is 6.69. The summed E-state index contributed by atoms with van der Waals surface area (Å²) < 4.78 is 0. The first-order chi connectivity index (χ1) is 8.80. The lowest BCUT2D eigenvalue weighted by molar-refractivity contribution is 0.214. The van der Waals surface area contributed by atoms with Crippen LogP contribution in [0.4, 0.5) is 0 Å². The van der Waals surface area contributed by atoms with Gasteiger partial charge in [0.1, 0.15) is 0 Å². The second kappa shape index (κ2) is 6.53. The number of hydrogen-bond acceptors (Lipinski definition) is 2. The van der Waals surface area contributed by atoms with Crippen LogP contribution >= 0.6 is 0 Å². The number of benzene rings is 1. The smallest absolute Gasteiger partial charge is 0.0448 e. The molecule has 19 heavy (non-hydrogen) atoms. The van der Waals surface area contributed by atoms with Gasteiger partial charge in [-0.2, -0.15) is 0 Å². The number of nitrogens with one attached hydrogen (secondary N) is 1. The maximum Gasteiger partial charge on any atom is 0.0448 e. The summed E-state index contributed by atoms with van der Waals surface area (Å²) in [5.74, 6) is 0. The Hall–Kier alpha value is -0.860. The number of hydrogen-bond donors (Lipinski definition) is 2. The molecule has 1 aromatic rings. The Balaban J connectivity index is 2.64. The van der Waals surface area contributed by atoms with Gasteiger partial charge < -0.3 is 10.4 Å². The fourth-order valence-corrected chi connectivity index (χ4v) is 2.07. The van der Waals surface area contributed by atoms with Crippen molar-refractivity contribution in [2.45, 2.75) is 65.0 Å². The summed E-state index contributed by atoms with van der Waals surface area (Å²) in [5.41, 5.74) is 2.90. The maximum absolute atomic E-state index is 9.12. The third-order valence-electron chi connectivity index (χ3n) is 3.98. The van der Waals surface area contributed by atoms with E-state index in [0.717, 1.165) is 19.4 Å². The monoisotopic (exact) mass is 263 g/mol. The number of aliphatic hydroxyl groups excluding tert-OH is 1. The highest BCUT2D eigenvalue weighted by atomic mass is 16.3. The zero-order valence-corrected chi connectivity index (χ0v) is 13.1. The van der Waals surface area contributed by atoms with Crippen molar-refractivity contribution in [3.05, 3.63) is 35.4 Å². The van der Waals surface area contributed by atoms with Crippen LogP contribution in [0.2, 0.25) is 0 Å². The molecule has 2 heteroatoms. The van der Waals surface area contributed by atoms with E-state index in [1.165, 1.54) is 11.1 Å². The van der Waals surface area contributed by atoms with Gasteiger partial charge >= 0.3 is 0 Å². The van der Waals surface area contributed by atoms with Crippen LogP contribution < -0.4 is 5.32 Å². The fraction of sp³-hybridized carbons (Fsp3) is 0.647. The SMILES string of the molecule is CCC(C)(CCO)NCc1ccc(C(C)(C)C)cc1. The zero-order valence-electron chi connectivity index (χ0n) is 13.1. The lowest BCUT2D eigenvalue weighted by Crippen LogP contribution is -2.42. The molecule has 1 unspecified atom stereocenters. The summed E-state index contributed by atoms with van der Waals surface area (Å²) in [7, 11) is 0. The van der Waals surface area contributed by atoms with E-state index in [9.17, 15) is 0 Å². The van der Waals surface area contributed by atoms with Crippen molar-refractivity contribution in [2.75, 3.05) is 6.61 Å². The summed E-state index contributed by atoms with van der Waals surface area (Å²) in [6.45, 7) is 12.1. The average Bonchev–Trinajstić information content (AvgIpc) is 2.36. The van der Waals surface area contributed by atoms with Crippen molar-refractivity contribution >= 4 is 0 Å². The van der Waals surface area contributed by atoms with Gasteiger partial charge in [-0.25, -0.2) is 0 Å². The quantitative estimate of drug-likeness (QED) is 0.821. The van der Waals surface area contributed by atoms with E-state index in [1.807, 2.05) is 0 Å². The molecule has 0 fully saturated rings. The van der Waals surface area contributed by atoms with E-state index in [0.29, 0.717) is 0 Å². The Morgan fingerprint density at radius 1 is 1.05 bits per heavy atom. The summed E-state index contributed by atoms with van der Waals surface area (Å²) in [4.78, 5) is 0. The number of aliphatic hydroxyl groups is 1. The molecule has 1 rings (SSSR count). The summed E-state index contributed by atoms with van der Waals surface area (Å²) in [6, 6.07) is 8.82. The Labute approximate surface area is 118 Å². The standard InChI is InChI=1S/C17H29NO/c1-6-17(5,11-12-19)18-13-14-7-9-15(10-8-14)16(2,3)4/h7-10,18-19H,6,11-13H2,1-5H3. The number of rotatable bonds is 6. The van der Waals surface area contributed by atoms with E-state index in [4.69, 9.17) is 5.11 Å². The lowest BCUT2D eigenvalue weighted by Gasteiger charge is -2.29. The molecule has 0 saturated carbocycles. The average molecular weight is 263 g/mol. The molecule has 0 amide bonds. The molecule has 0 aliphatic rings. The van der Waals surface area contributed by atoms with Crippen molar-refractivity contribution in [2.24, 2.45) is 0 Å². The predicted octanol–water partition coefficient (Wildman–Crippen LogP) is 3.62. The van der Waals surface area contributed by atoms with Gasteiger partial charge in [0, 0.05) is 18.7 Å². The van der Waals surface area contributed by atoms with Crippen LogP contribution in [-0.4, -0.2) is 17.3 Å². The van der Waals surface area contributed by atoms with Crippen molar-refractivity contribution in [3.8, 4) is 0 Å². The van der Waals surface area contributed by atoms with Crippen LogP contribution in [0.1, 0.15) is 58.6 Å². The molecule has 0 aliphatic heterocycles. The van der Waals surface area contributed by atoms with Crippen molar-refractivity contribution in [3.63, 3.8) is 0 Å². The largest absolute Gasteiger partial charge is 0.396 e. The first kappa shape index (κ1) is 16.2. The Morgan fingerprint density at radius 3 is 2.05 bits per heavy atom. The third-order valence-corrected chi connectivity index (χ3v) is 3.98. The minimum atomic E-state index is 0.0252. The van der Waals surface area contributed by atoms with Crippen molar-refractivity contribution in [1.82, 2.24) is 5.32 Å². The van der Waals surface area contributed by atoms with Gasteiger partial charge in [0.25, 0.3) is 0 Å². The topological polar surface area (TPSA) is 32.3 Å². The Bertz CT molecular complexity index is 377. The van der Waals surface area contributed by atoms with E-state index < -0.39 is 0 Å². The normalized spacial score (nSPS) is 15.3. The molecule has 2 N–H and O–H groups in total. The van der Waals surface area contributed by atoms with Crippen LogP contribution in [0.5, 0.6) is 0 Å². The molecule has 0 spiro atoms. The first-order valence-electron chi connectivity index (χ1n) is 7.26. The minimum Gasteiger partial charge on any atom is -0.396 e. The molecule has 2 nitrogen and oxygen atoms in total. The van der Waals surface area contributed by atoms with Crippen LogP contribution in [0.15, 0.2) is 24.3 Å². The minimum absolute atomic E-state index is 0.0252. The van der Waals surface area contributed by atoms with Crippen LogP contribution in [0.3, 0.4) is 0 Å². The molecule has 1 aromatic carbocycles.